The molecule has 4 N–H and O–H groups in total. The number of piperidine rings is 1. The van der Waals surface area contributed by atoms with Crippen molar-refractivity contribution in [1.29, 1.82) is 0 Å². The number of carbonyl (C=O) groups excluding carboxylic acids is 1. The van der Waals surface area contributed by atoms with E-state index in [2.05, 4.69) is 20.6 Å². The topological polar surface area (TPSA) is 107 Å². The molecule has 1 saturated heterocycles. The van der Waals surface area contributed by atoms with Gasteiger partial charge in [0.2, 0.25) is 5.91 Å². The Bertz CT molecular complexity index is 498. The third-order valence-corrected chi connectivity index (χ3v) is 3.98. The standard InChI is InChI=1S/C14H22N4O3/c1-14(2)4-3-5-16-11(14)12(19)18-10(13(20)21)6-9-7-15-8-17-9/h7-8,10-11,16H,3-6H2,1-2H3,(H,15,17)(H,18,19)(H,20,21). The maximum Gasteiger partial charge on any atom is 0.326 e. The van der Waals surface area contributed by atoms with Crippen LogP contribution >= 0.6 is 0 Å². The number of amides is 1. The lowest BCUT2D eigenvalue weighted by Gasteiger charge is -2.38. The zero-order chi connectivity index (χ0) is 15.5. The number of nitrogens with one attached hydrogen (secondary N) is 3. The van der Waals surface area contributed by atoms with Crippen LogP contribution < -0.4 is 10.6 Å². The van der Waals surface area contributed by atoms with Gasteiger partial charge < -0.3 is 20.7 Å². The fourth-order valence-electron chi connectivity index (χ4n) is 2.73. The predicted octanol–water partition coefficient (Wildman–Crippen LogP) is 0.300. The highest BCUT2D eigenvalue weighted by atomic mass is 16.4. The summed E-state index contributed by atoms with van der Waals surface area (Å²) < 4.78 is 0. The number of hydrogen-bond acceptors (Lipinski definition) is 4. The highest BCUT2D eigenvalue weighted by Crippen LogP contribution is 2.30. The van der Waals surface area contributed by atoms with Gasteiger partial charge in [0.25, 0.3) is 0 Å². The van der Waals surface area contributed by atoms with E-state index in [9.17, 15) is 14.7 Å². The van der Waals surface area contributed by atoms with Crippen LogP contribution in [0.15, 0.2) is 12.5 Å². The molecule has 2 rings (SSSR count). The Morgan fingerprint density at radius 2 is 2.33 bits per heavy atom. The molecule has 7 heteroatoms. The first-order chi connectivity index (χ1) is 9.90. The number of imidazole rings is 1. The molecule has 1 aliphatic heterocycles. The van der Waals surface area contributed by atoms with Gasteiger partial charge in [0, 0.05) is 18.3 Å². The van der Waals surface area contributed by atoms with E-state index in [1.807, 2.05) is 13.8 Å². The minimum absolute atomic E-state index is 0.181. The summed E-state index contributed by atoms with van der Waals surface area (Å²) in [6.07, 6.45) is 5.20. The monoisotopic (exact) mass is 294 g/mol. The average Bonchev–Trinajstić information content (AvgIpc) is 2.90. The van der Waals surface area contributed by atoms with Crippen molar-refractivity contribution in [3.8, 4) is 0 Å². The minimum Gasteiger partial charge on any atom is -0.480 e. The quantitative estimate of drug-likeness (QED) is 0.625. The fourth-order valence-corrected chi connectivity index (χ4v) is 2.73. The molecule has 0 bridgehead atoms. The van der Waals surface area contributed by atoms with E-state index in [4.69, 9.17) is 0 Å². The van der Waals surface area contributed by atoms with Gasteiger partial charge in [0.05, 0.1) is 12.4 Å². The third-order valence-electron chi connectivity index (χ3n) is 3.98. The van der Waals surface area contributed by atoms with E-state index in [-0.39, 0.29) is 23.8 Å². The van der Waals surface area contributed by atoms with Crippen molar-refractivity contribution in [1.82, 2.24) is 20.6 Å². The van der Waals surface area contributed by atoms with Crippen LogP contribution in [0.25, 0.3) is 0 Å². The van der Waals surface area contributed by atoms with Crippen LogP contribution in [0.5, 0.6) is 0 Å². The summed E-state index contributed by atoms with van der Waals surface area (Å²) in [6.45, 7) is 4.82. The number of aromatic amines is 1. The summed E-state index contributed by atoms with van der Waals surface area (Å²) in [5.74, 6) is -1.31. The summed E-state index contributed by atoms with van der Waals surface area (Å²) in [5.41, 5.74) is 0.498. The van der Waals surface area contributed by atoms with E-state index in [0.717, 1.165) is 19.4 Å². The molecule has 0 radical (unpaired) electrons. The number of carboxylic acid groups (broad SMARTS) is 1. The highest BCUT2D eigenvalue weighted by molar-refractivity contribution is 5.87. The van der Waals surface area contributed by atoms with Gasteiger partial charge in [-0.05, 0) is 24.8 Å². The smallest absolute Gasteiger partial charge is 0.326 e. The molecule has 1 aromatic rings. The molecule has 116 valence electrons. The van der Waals surface area contributed by atoms with Crippen LogP contribution in [0, 0.1) is 5.41 Å². The number of carbonyl (C=O) groups is 2. The molecule has 0 aromatic carbocycles. The molecule has 1 aromatic heterocycles. The van der Waals surface area contributed by atoms with Crippen molar-refractivity contribution in [3.05, 3.63) is 18.2 Å². The molecule has 2 atom stereocenters. The first kappa shape index (κ1) is 15.5. The number of hydrogen-bond donors (Lipinski definition) is 4. The average molecular weight is 294 g/mol. The lowest BCUT2D eigenvalue weighted by molar-refractivity contribution is -0.142. The summed E-state index contributed by atoms with van der Waals surface area (Å²) >= 11 is 0. The van der Waals surface area contributed by atoms with Crippen LogP contribution in [0.1, 0.15) is 32.4 Å². The van der Waals surface area contributed by atoms with Crippen molar-refractivity contribution in [2.24, 2.45) is 5.41 Å². The normalized spacial score (nSPS) is 22.5. The van der Waals surface area contributed by atoms with Crippen LogP contribution in [0.2, 0.25) is 0 Å². The first-order valence-electron chi connectivity index (χ1n) is 7.14. The first-order valence-corrected chi connectivity index (χ1v) is 7.14. The van der Waals surface area contributed by atoms with Crippen molar-refractivity contribution < 1.29 is 14.7 Å². The molecule has 1 aliphatic rings. The number of aliphatic carboxylic acids is 1. The van der Waals surface area contributed by atoms with Crippen molar-refractivity contribution in [2.75, 3.05) is 6.54 Å². The molecule has 1 fully saturated rings. The van der Waals surface area contributed by atoms with Crippen molar-refractivity contribution in [2.45, 2.75) is 45.2 Å². The van der Waals surface area contributed by atoms with Crippen LogP contribution in [-0.2, 0) is 16.0 Å². The molecule has 0 spiro atoms. The molecule has 2 unspecified atom stereocenters. The summed E-state index contributed by atoms with van der Waals surface area (Å²) in [5, 5.41) is 15.1. The maximum absolute atomic E-state index is 12.4. The van der Waals surface area contributed by atoms with Crippen molar-refractivity contribution in [3.63, 3.8) is 0 Å². The van der Waals surface area contributed by atoms with Gasteiger partial charge in [-0.2, -0.15) is 0 Å². The second kappa shape index (κ2) is 6.26. The van der Waals surface area contributed by atoms with E-state index < -0.39 is 12.0 Å². The fraction of sp³-hybridized carbons (Fsp3) is 0.643. The van der Waals surface area contributed by atoms with Gasteiger partial charge >= 0.3 is 5.97 Å². The minimum atomic E-state index is -1.05. The second-order valence-electron chi connectivity index (χ2n) is 6.16. The third kappa shape index (κ3) is 3.81. The Balaban J connectivity index is 2.02. The van der Waals surface area contributed by atoms with Gasteiger partial charge in [0.15, 0.2) is 0 Å². The Kier molecular flexibility index (Phi) is 4.62. The van der Waals surface area contributed by atoms with Gasteiger partial charge in [-0.25, -0.2) is 9.78 Å². The number of carboxylic acids is 1. The number of aromatic nitrogens is 2. The SMILES string of the molecule is CC1(C)CCCNC1C(=O)NC(Cc1cnc[nH]1)C(=O)O. The lowest BCUT2D eigenvalue weighted by Crippen LogP contribution is -2.58. The number of nitrogens with zero attached hydrogens (tertiary/aromatic N) is 1. The zero-order valence-corrected chi connectivity index (χ0v) is 12.3. The van der Waals surface area contributed by atoms with E-state index >= 15 is 0 Å². The van der Waals surface area contributed by atoms with Gasteiger partial charge in [0.1, 0.15) is 6.04 Å². The molecular formula is C14H22N4O3. The largest absolute Gasteiger partial charge is 0.480 e. The van der Waals surface area contributed by atoms with Gasteiger partial charge in [-0.3, -0.25) is 4.79 Å². The summed E-state index contributed by atoms with van der Waals surface area (Å²) in [6, 6.07) is -1.33. The molecule has 7 nitrogen and oxygen atoms in total. The number of H-pyrrole nitrogens is 1. The van der Waals surface area contributed by atoms with Crippen molar-refractivity contribution >= 4 is 11.9 Å². The molecule has 1 amide bonds. The zero-order valence-electron chi connectivity index (χ0n) is 12.3. The van der Waals surface area contributed by atoms with Crippen LogP contribution in [-0.4, -0.2) is 45.6 Å². The molecule has 2 heterocycles. The predicted molar refractivity (Wildman–Crippen MR) is 76.7 cm³/mol. The highest BCUT2D eigenvalue weighted by Gasteiger charge is 2.38. The lowest BCUT2D eigenvalue weighted by atomic mass is 9.77. The van der Waals surface area contributed by atoms with Gasteiger partial charge in [-0.1, -0.05) is 13.8 Å². The number of rotatable bonds is 5. The van der Waals surface area contributed by atoms with Crippen LogP contribution in [0.4, 0.5) is 0 Å². The maximum atomic E-state index is 12.4. The van der Waals surface area contributed by atoms with E-state index in [1.54, 1.807) is 6.20 Å². The Morgan fingerprint density at radius 3 is 2.90 bits per heavy atom. The molecule has 0 aliphatic carbocycles. The summed E-state index contributed by atoms with van der Waals surface area (Å²) in [7, 11) is 0. The Labute approximate surface area is 123 Å². The molecule has 21 heavy (non-hydrogen) atoms. The molecule has 0 saturated carbocycles. The van der Waals surface area contributed by atoms with Crippen LogP contribution in [0.3, 0.4) is 0 Å². The molecular weight excluding hydrogens is 272 g/mol. The van der Waals surface area contributed by atoms with E-state index in [0.29, 0.717) is 5.69 Å². The van der Waals surface area contributed by atoms with Gasteiger partial charge in [-0.15, -0.1) is 0 Å². The Morgan fingerprint density at radius 1 is 1.57 bits per heavy atom. The second-order valence-corrected chi connectivity index (χ2v) is 6.16. The van der Waals surface area contributed by atoms with E-state index in [1.165, 1.54) is 6.33 Å². The summed E-state index contributed by atoms with van der Waals surface area (Å²) in [4.78, 5) is 30.4. The Hall–Kier alpha value is -1.89.